The van der Waals surface area contributed by atoms with E-state index in [-0.39, 0.29) is 29.4 Å². The van der Waals surface area contributed by atoms with Crippen LogP contribution < -0.4 is 4.74 Å². The van der Waals surface area contributed by atoms with E-state index in [0.717, 1.165) is 0 Å². The van der Waals surface area contributed by atoms with Crippen LogP contribution in [0.2, 0.25) is 0 Å². The van der Waals surface area contributed by atoms with E-state index in [1.54, 1.807) is 13.8 Å². The van der Waals surface area contributed by atoms with E-state index in [4.69, 9.17) is 9.47 Å². The molecule has 1 aromatic heterocycles. The molecule has 0 aliphatic carbocycles. The first-order valence-corrected chi connectivity index (χ1v) is 6.15. The number of aromatic nitrogens is 2. The highest BCUT2D eigenvalue weighted by molar-refractivity contribution is 5.92. The summed E-state index contributed by atoms with van der Waals surface area (Å²) in [6, 6.07) is 2.80. The molecule has 0 spiro atoms. The minimum absolute atomic E-state index is 0.0286. The Bertz CT molecular complexity index is 729. The third-order valence-electron chi connectivity index (χ3n) is 2.81. The summed E-state index contributed by atoms with van der Waals surface area (Å²) in [5.41, 5.74) is 0.948. The minimum atomic E-state index is -0.653. The van der Waals surface area contributed by atoms with Gasteiger partial charge in [0.15, 0.2) is 0 Å². The number of ether oxygens (including phenoxy) is 2. The van der Waals surface area contributed by atoms with Crippen molar-refractivity contribution in [3.8, 4) is 5.88 Å². The number of aryl methyl sites for hydroxylation is 1. The number of nitro benzene ring substituents is 1. The van der Waals surface area contributed by atoms with Gasteiger partial charge < -0.3 is 9.47 Å². The fraction of sp³-hybridized carbons (Fsp3) is 0.308. The predicted octanol–water partition coefficient (Wildman–Crippen LogP) is 2.03. The molecule has 0 aliphatic heterocycles. The zero-order chi connectivity index (χ0) is 15.6. The number of esters is 1. The van der Waals surface area contributed by atoms with Gasteiger partial charge in [0.1, 0.15) is 0 Å². The monoisotopic (exact) mass is 291 g/mol. The van der Waals surface area contributed by atoms with Gasteiger partial charge in [-0.05, 0) is 19.9 Å². The highest BCUT2D eigenvalue weighted by atomic mass is 16.6. The lowest BCUT2D eigenvalue weighted by Gasteiger charge is -2.08. The Morgan fingerprint density at radius 3 is 2.57 bits per heavy atom. The molecule has 0 saturated heterocycles. The molecule has 0 unspecified atom stereocenters. The third kappa shape index (κ3) is 2.73. The number of carbonyl (C=O) groups excluding carboxylic acids is 1. The maximum absolute atomic E-state index is 11.8. The first-order valence-electron chi connectivity index (χ1n) is 6.15. The Balaban J connectivity index is 2.67. The summed E-state index contributed by atoms with van der Waals surface area (Å²) in [7, 11) is 1.33. The quantitative estimate of drug-likeness (QED) is 0.482. The van der Waals surface area contributed by atoms with Crippen LogP contribution in [0.5, 0.6) is 5.88 Å². The van der Waals surface area contributed by atoms with Crippen LogP contribution in [-0.4, -0.2) is 34.6 Å². The summed E-state index contributed by atoms with van der Waals surface area (Å²) in [4.78, 5) is 30.5. The van der Waals surface area contributed by atoms with Crippen LogP contribution in [0.25, 0.3) is 11.0 Å². The molecule has 0 aliphatic rings. The highest BCUT2D eigenvalue weighted by Crippen LogP contribution is 2.26. The number of hydrogen-bond donors (Lipinski definition) is 0. The molecule has 21 heavy (non-hydrogen) atoms. The van der Waals surface area contributed by atoms with E-state index in [0.29, 0.717) is 11.1 Å². The maximum atomic E-state index is 11.8. The topological polar surface area (TPSA) is 104 Å². The normalized spacial score (nSPS) is 10.4. The summed E-state index contributed by atoms with van der Waals surface area (Å²) < 4.78 is 9.89. The molecule has 110 valence electrons. The van der Waals surface area contributed by atoms with E-state index in [1.165, 1.54) is 19.2 Å². The lowest BCUT2D eigenvalue weighted by Crippen LogP contribution is -2.11. The zero-order valence-electron chi connectivity index (χ0n) is 11.7. The summed E-state index contributed by atoms with van der Waals surface area (Å²) in [5.74, 6) is -0.682. The highest BCUT2D eigenvalue weighted by Gasteiger charge is 2.20. The van der Waals surface area contributed by atoms with Gasteiger partial charge in [-0.3, -0.25) is 10.1 Å². The maximum Gasteiger partial charge on any atom is 0.362 e. The molecule has 1 aromatic carbocycles. The molecule has 0 fully saturated rings. The molecule has 2 aromatic rings. The summed E-state index contributed by atoms with van der Waals surface area (Å²) in [6.45, 7) is 3.46. The third-order valence-corrected chi connectivity index (χ3v) is 2.81. The van der Waals surface area contributed by atoms with E-state index < -0.39 is 10.9 Å². The van der Waals surface area contributed by atoms with Crippen molar-refractivity contribution in [2.24, 2.45) is 0 Å². The van der Waals surface area contributed by atoms with Crippen LogP contribution in [0.1, 0.15) is 23.0 Å². The molecular formula is C13H13N3O5. The molecule has 8 heteroatoms. The SMILES string of the molecule is CCOC(=O)c1nc2cc(C)c([N+](=O)[O-])cc2nc1OC. The van der Waals surface area contributed by atoms with E-state index in [2.05, 4.69) is 9.97 Å². The second-order valence-corrected chi connectivity index (χ2v) is 4.19. The van der Waals surface area contributed by atoms with Crippen molar-refractivity contribution in [1.82, 2.24) is 9.97 Å². The van der Waals surface area contributed by atoms with Gasteiger partial charge in [-0.1, -0.05) is 0 Å². The van der Waals surface area contributed by atoms with Crippen molar-refractivity contribution in [2.45, 2.75) is 13.8 Å². The fourth-order valence-electron chi connectivity index (χ4n) is 1.85. The Morgan fingerprint density at radius 2 is 2.00 bits per heavy atom. The van der Waals surface area contributed by atoms with Crippen LogP contribution in [0, 0.1) is 17.0 Å². The Morgan fingerprint density at radius 1 is 1.33 bits per heavy atom. The van der Waals surface area contributed by atoms with E-state index in [9.17, 15) is 14.9 Å². The summed E-state index contributed by atoms with van der Waals surface area (Å²) >= 11 is 0. The molecule has 0 atom stereocenters. The number of nitrogens with zero attached hydrogens (tertiary/aromatic N) is 3. The van der Waals surface area contributed by atoms with Gasteiger partial charge in [0.25, 0.3) is 5.69 Å². The Kier molecular flexibility index (Phi) is 3.97. The van der Waals surface area contributed by atoms with Crippen LogP contribution in [-0.2, 0) is 4.74 Å². The Labute approximate surface area is 119 Å². The number of fused-ring (bicyclic) bond motifs is 1. The van der Waals surface area contributed by atoms with Crippen LogP contribution in [0.3, 0.4) is 0 Å². The van der Waals surface area contributed by atoms with E-state index >= 15 is 0 Å². The molecule has 0 saturated carbocycles. The Hall–Kier alpha value is -2.77. The fourth-order valence-corrected chi connectivity index (χ4v) is 1.85. The van der Waals surface area contributed by atoms with Gasteiger partial charge in [0.2, 0.25) is 11.6 Å². The first-order chi connectivity index (χ1) is 9.97. The van der Waals surface area contributed by atoms with Crippen LogP contribution in [0.15, 0.2) is 12.1 Å². The number of rotatable bonds is 4. The van der Waals surface area contributed by atoms with Crippen molar-refractivity contribution in [2.75, 3.05) is 13.7 Å². The van der Waals surface area contributed by atoms with Crippen molar-refractivity contribution in [3.63, 3.8) is 0 Å². The standard InChI is InChI=1S/C13H13N3O5/c1-4-21-13(17)11-12(20-3)15-9-6-10(16(18)19)7(2)5-8(9)14-11/h5-6H,4H2,1-3H3. The molecule has 1 heterocycles. The van der Waals surface area contributed by atoms with Gasteiger partial charge in [0, 0.05) is 11.6 Å². The van der Waals surface area contributed by atoms with Crippen LogP contribution in [0.4, 0.5) is 5.69 Å². The molecule has 0 N–H and O–H groups in total. The second-order valence-electron chi connectivity index (χ2n) is 4.19. The van der Waals surface area contributed by atoms with Gasteiger partial charge in [0.05, 0.1) is 29.7 Å². The van der Waals surface area contributed by atoms with Crippen molar-refractivity contribution in [1.29, 1.82) is 0 Å². The average Bonchev–Trinajstić information content (AvgIpc) is 2.45. The summed E-state index contributed by atoms with van der Waals surface area (Å²) in [6.07, 6.45) is 0. The lowest BCUT2D eigenvalue weighted by molar-refractivity contribution is -0.385. The molecule has 0 bridgehead atoms. The predicted molar refractivity (Wildman–Crippen MR) is 73.4 cm³/mol. The average molecular weight is 291 g/mol. The first kappa shape index (κ1) is 14.6. The van der Waals surface area contributed by atoms with Gasteiger partial charge in [-0.2, -0.15) is 0 Å². The van der Waals surface area contributed by atoms with Gasteiger partial charge in [-0.25, -0.2) is 14.8 Å². The van der Waals surface area contributed by atoms with Gasteiger partial charge >= 0.3 is 5.97 Å². The largest absolute Gasteiger partial charge is 0.479 e. The molecule has 0 amide bonds. The number of methoxy groups -OCH3 is 1. The van der Waals surface area contributed by atoms with Crippen molar-refractivity contribution in [3.05, 3.63) is 33.5 Å². The lowest BCUT2D eigenvalue weighted by atomic mass is 10.1. The molecular weight excluding hydrogens is 278 g/mol. The minimum Gasteiger partial charge on any atom is -0.479 e. The zero-order valence-corrected chi connectivity index (χ0v) is 11.7. The van der Waals surface area contributed by atoms with Crippen LogP contribution >= 0.6 is 0 Å². The molecule has 2 rings (SSSR count). The molecule has 8 nitrogen and oxygen atoms in total. The second kappa shape index (κ2) is 5.70. The smallest absolute Gasteiger partial charge is 0.362 e. The number of carbonyl (C=O) groups is 1. The summed E-state index contributed by atoms with van der Waals surface area (Å²) in [5, 5.41) is 10.9. The number of hydrogen-bond acceptors (Lipinski definition) is 7. The number of nitro groups is 1. The van der Waals surface area contributed by atoms with Gasteiger partial charge in [-0.15, -0.1) is 0 Å². The van der Waals surface area contributed by atoms with E-state index in [1.807, 2.05) is 0 Å². The van der Waals surface area contributed by atoms with Crippen molar-refractivity contribution < 1.29 is 19.2 Å². The molecule has 0 radical (unpaired) electrons. The number of benzene rings is 1. The van der Waals surface area contributed by atoms with Crippen molar-refractivity contribution >= 4 is 22.7 Å².